The van der Waals surface area contributed by atoms with Crippen LogP contribution in [0.3, 0.4) is 0 Å². The van der Waals surface area contributed by atoms with Crippen molar-refractivity contribution in [2.75, 3.05) is 11.1 Å². The monoisotopic (exact) mass is 336 g/mol. The SMILES string of the molecule is CC(C)C(C)NC(=O)CSc1nnc(Nc2ccccc2)s1. The Morgan fingerprint density at radius 3 is 2.64 bits per heavy atom. The zero-order chi connectivity index (χ0) is 15.9. The predicted octanol–water partition coefficient (Wildman–Crippen LogP) is 3.53. The van der Waals surface area contributed by atoms with Gasteiger partial charge in [-0.2, -0.15) is 0 Å². The first kappa shape index (κ1) is 16.8. The quantitative estimate of drug-likeness (QED) is 0.757. The number of benzene rings is 1. The third kappa shape index (κ3) is 5.31. The van der Waals surface area contributed by atoms with Crippen LogP contribution in [0, 0.1) is 5.92 Å². The minimum atomic E-state index is 0.0268. The summed E-state index contributed by atoms with van der Waals surface area (Å²) in [6, 6.07) is 9.99. The van der Waals surface area contributed by atoms with Gasteiger partial charge in [0.2, 0.25) is 11.0 Å². The van der Waals surface area contributed by atoms with E-state index in [1.54, 1.807) is 0 Å². The fourth-order valence-electron chi connectivity index (χ4n) is 1.55. The van der Waals surface area contributed by atoms with Gasteiger partial charge in [-0.05, 0) is 25.0 Å². The van der Waals surface area contributed by atoms with E-state index in [-0.39, 0.29) is 11.9 Å². The van der Waals surface area contributed by atoms with E-state index in [1.807, 2.05) is 37.3 Å². The van der Waals surface area contributed by atoms with E-state index < -0.39 is 0 Å². The molecule has 0 aliphatic heterocycles. The lowest BCUT2D eigenvalue weighted by Crippen LogP contribution is -2.37. The number of hydrogen-bond donors (Lipinski definition) is 2. The summed E-state index contributed by atoms with van der Waals surface area (Å²) >= 11 is 2.85. The van der Waals surface area contributed by atoms with Crippen LogP contribution < -0.4 is 10.6 Å². The molecule has 2 rings (SSSR count). The van der Waals surface area contributed by atoms with Crippen molar-refractivity contribution in [3.05, 3.63) is 30.3 Å². The topological polar surface area (TPSA) is 66.9 Å². The standard InChI is InChI=1S/C15H20N4OS2/c1-10(2)11(3)16-13(20)9-21-15-19-18-14(22-15)17-12-7-5-4-6-8-12/h4-8,10-11H,9H2,1-3H3,(H,16,20)(H,17,18). The number of anilines is 2. The summed E-state index contributed by atoms with van der Waals surface area (Å²) in [6.45, 7) is 6.19. The molecule has 0 spiro atoms. The van der Waals surface area contributed by atoms with Crippen molar-refractivity contribution >= 4 is 39.8 Å². The molecule has 1 atom stereocenters. The second kappa shape index (κ2) is 8.14. The van der Waals surface area contributed by atoms with Gasteiger partial charge in [0.1, 0.15) is 0 Å². The lowest BCUT2D eigenvalue weighted by Gasteiger charge is -2.16. The zero-order valence-electron chi connectivity index (χ0n) is 12.9. The molecule has 118 valence electrons. The highest BCUT2D eigenvalue weighted by Gasteiger charge is 2.12. The molecule has 1 unspecified atom stereocenters. The van der Waals surface area contributed by atoms with Gasteiger partial charge in [-0.15, -0.1) is 10.2 Å². The van der Waals surface area contributed by atoms with Crippen LogP contribution in [-0.4, -0.2) is 27.9 Å². The average molecular weight is 336 g/mol. The van der Waals surface area contributed by atoms with Crippen molar-refractivity contribution in [2.24, 2.45) is 5.92 Å². The van der Waals surface area contributed by atoms with Crippen molar-refractivity contribution in [1.82, 2.24) is 15.5 Å². The molecule has 1 aromatic heterocycles. The van der Waals surface area contributed by atoms with Crippen molar-refractivity contribution in [2.45, 2.75) is 31.2 Å². The third-order valence-electron chi connectivity index (χ3n) is 3.15. The fourth-order valence-corrected chi connectivity index (χ4v) is 3.14. The molecule has 2 aromatic rings. The first-order valence-corrected chi connectivity index (χ1v) is 8.92. The molecule has 0 radical (unpaired) electrons. The molecule has 0 bridgehead atoms. The number of amides is 1. The summed E-state index contributed by atoms with van der Waals surface area (Å²) in [7, 11) is 0. The highest BCUT2D eigenvalue weighted by molar-refractivity contribution is 8.01. The molecule has 0 fully saturated rings. The second-order valence-corrected chi connectivity index (χ2v) is 7.45. The van der Waals surface area contributed by atoms with Gasteiger partial charge in [0.25, 0.3) is 0 Å². The maximum Gasteiger partial charge on any atom is 0.230 e. The molecule has 0 saturated carbocycles. The lowest BCUT2D eigenvalue weighted by molar-refractivity contribution is -0.119. The number of aromatic nitrogens is 2. The molecular weight excluding hydrogens is 316 g/mol. The number of carbonyl (C=O) groups is 1. The van der Waals surface area contributed by atoms with Crippen molar-refractivity contribution in [3.63, 3.8) is 0 Å². The highest BCUT2D eigenvalue weighted by Crippen LogP contribution is 2.27. The summed E-state index contributed by atoms with van der Waals surface area (Å²) in [5.41, 5.74) is 0.971. The van der Waals surface area contributed by atoms with Gasteiger partial charge in [-0.25, -0.2) is 0 Å². The Hall–Kier alpha value is -1.60. The largest absolute Gasteiger partial charge is 0.353 e. The van der Waals surface area contributed by atoms with E-state index in [1.165, 1.54) is 23.1 Å². The number of carbonyl (C=O) groups excluding carboxylic acids is 1. The number of hydrogen-bond acceptors (Lipinski definition) is 6. The maximum atomic E-state index is 11.8. The van der Waals surface area contributed by atoms with Crippen LogP contribution in [0.2, 0.25) is 0 Å². The molecule has 1 aromatic carbocycles. The summed E-state index contributed by atoms with van der Waals surface area (Å²) in [6.07, 6.45) is 0. The maximum absolute atomic E-state index is 11.8. The Labute approximate surface area is 138 Å². The number of para-hydroxylation sites is 1. The van der Waals surface area contributed by atoms with Crippen LogP contribution in [0.1, 0.15) is 20.8 Å². The normalized spacial score (nSPS) is 12.2. The fraction of sp³-hybridized carbons (Fsp3) is 0.400. The molecule has 1 amide bonds. The summed E-state index contributed by atoms with van der Waals surface area (Å²) in [5, 5.41) is 15.1. The third-order valence-corrected chi connectivity index (χ3v) is 5.12. The van der Waals surface area contributed by atoms with E-state index in [4.69, 9.17) is 0 Å². The minimum absolute atomic E-state index is 0.0268. The molecule has 2 N–H and O–H groups in total. The Kier molecular flexibility index (Phi) is 6.21. The van der Waals surface area contributed by atoms with Crippen LogP contribution in [0.4, 0.5) is 10.8 Å². The van der Waals surface area contributed by atoms with Gasteiger partial charge < -0.3 is 10.6 Å². The predicted molar refractivity (Wildman–Crippen MR) is 92.8 cm³/mol. The molecule has 5 nitrogen and oxygen atoms in total. The van der Waals surface area contributed by atoms with E-state index in [9.17, 15) is 4.79 Å². The van der Waals surface area contributed by atoms with Crippen LogP contribution in [0.15, 0.2) is 34.7 Å². The Balaban J connectivity index is 1.81. The Bertz CT molecular complexity index is 601. The van der Waals surface area contributed by atoms with Crippen LogP contribution >= 0.6 is 23.1 Å². The molecular formula is C15H20N4OS2. The van der Waals surface area contributed by atoms with Crippen molar-refractivity contribution < 1.29 is 4.79 Å². The number of nitrogens with one attached hydrogen (secondary N) is 2. The van der Waals surface area contributed by atoms with Crippen LogP contribution in [-0.2, 0) is 4.79 Å². The summed E-state index contributed by atoms with van der Waals surface area (Å²) < 4.78 is 0.783. The smallest absolute Gasteiger partial charge is 0.230 e. The van der Waals surface area contributed by atoms with Gasteiger partial charge in [-0.3, -0.25) is 4.79 Å². The number of thioether (sulfide) groups is 1. The average Bonchev–Trinajstić information content (AvgIpc) is 2.93. The Morgan fingerprint density at radius 2 is 1.95 bits per heavy atom. The van der Waals surface area contributed by atoms with Crippen LogP contribution in [0.5, 0.6) is 0 Å². The van der Waals surface area contributed by atoms with Gasteiger partial charge in [0.15, 0.2) is 4.34 Å². The van der Waals surface area contributed by atoms with Crippen molar-refractivity contribution in [1.29, 1.82) is 0 Å². The van der Waals surface area contributed by atoms with Gasteiger partial charge in [0.05, 0.1) is 5.75 Å². The van der Waals surface area contributed by atoms with Gasteiger partial charge in [-0.1, -0.05) is 55.1 Å². The molecule has 0 aliphatic rings. The molecule has 0 aliphatic carbocycles. The van der Waals surface area contributed by atoms with E-state index >= 15 is 0 Å². The summed E-state index contributed by atoms with van der Waals surface area (Å²) in [4.78, 5) is 11.8. The van der Waals surface area contributed by atoms with Crippen molar-refractivity contribution in [3.8, 4) is 0 Å². The van der Waals surface area contributed by atoms with Crippen LogP contribution in [0.25, 0.3) is 0 Å². The van der Waals surface area contributed by atoms with E-state index in [0.717, 1.165) is 15.2 Å². The van der Waals surface area contributed by atoms with E-state index in [0.29, 0.717) is 11.7 Å². The first-order valence-electron chi connectivity index (χ1n) is 7.12. The number of nitrogens with zero attached hydrogens (tertiary/aromatic N) is 2. The number of rotatable bonds is 7. The Morgan fingerprint density at radius 1 is 1.23 bits per heavy atom. The van der Waals surface area contributed by atoms with Gasteiger partial charge >= 0.3 is 0 Å². The van der Waals surface area contributed by atoms with E-state index in [2.05, 4.69) is 34.7 Å². The second-order valence-electron chi connectivity index (χ2n) is 5.25. The molecule has 7 heteroatoms. The minimum Gasteiger partial charge on any atom is -0.353 e. The molecule has 1 heterocycles. The zero-order valence-corrected chi connectivity index (χ0v) is 14.5. The highest BCUT2D eigenvalue weighted by atomic mass is 32.2. The molecule has 0 saturated heterocycles. The first-order chi connectivity index (χ1) is 10.5. The van der Waals surface area contributed by atoms with Gasteiger partial charge in [0, 0.05) is 11.7 Å². The summed E-state index contributed by atoms with van der Waals surface area (Å²) in [5.74, 6) is 0.813. The lowest BCUT2D eigenvalue weighted by atomic mass is 10.1. The molecule has 22 heavy (non-hydrogen) atoms.